The van der Waals surface area contributed by atoms with Gasteiger partial charge >= 0.3 is 0 Å². The van der Waals surface area contributed by atoms with E-state index >= 15 is 0 Å². The summed E-state index contributed by atoms with van der Waals surface area (Å²) in [6, 6.07) is 12.1. The SMILES string of the molecule is CN(C)C(=O)c1ccc(Cl)cc1NCc1ccccc1O. The van der Waals surface area contributed by atoms with Crippen molar-refractivity contribution >= 4 is 23.2 Å². The van der Waals surface area contributed by atoms with Crippen LogP contribution in [0.2, 0.25) is 5.02 Å². The van der Waals surface area contributed by atoms with E-state index < -0.39 is 0 Å². The summed E-state index contributed by atoms with van der Waals surface area (Å²) in [7, 11) is 3.40. The van der Waals surface area contributed by atoms with E-state index in [0.29, 0.717) is 22.8 Å². The predicted molar refractivity (Wildman–Crippen MR) is 84.9 cm³/mol. The highest BCUT2D eigenvalue weighted by atomic mass is 35.5. The molecule has 0 bridgehead atoms. The first-order valence-corrected chi connectivity index (χ1v) is 6.89. The van der Waals surface area contributed by atoms with Crippen LogP contribution in [0.5, 0.6) is 5.75 Å². The molecule has 0 atom stereocenters. The van der Waals surface area contributed by atoms with Crippen LogP contribution in [0.1, 0.15) is 15.9 Å². The molecule has 0 spiro atoms. The average molecular weight is 305 g/mol. The highest BCUT2D eigenvalue weighted by molar-refractivity contribution is 6.31. The second-order valence-corrected chi connectivity index (χ2v) is 5.31. The maximum Gasteiger partial charge on any atom is 0.255 e. The fourth-order valence-corrected chi connectivity index (χ4v) is 2.11. The molecule has 21 heavy (non-hydrogen) atoms. The number of nitrogens with zero attached hydrogens (tertiary/aromatic N) is 1. The molecule has 0 aliphatic carbocycles. The minimum Gasteiger partial charge on any atom is -0.508 e. The highest BCUT2D eigenvalue weighted by Crippen LogP contribution is 2.24. The lowest BCUT2D eigenvalue weighted by atomic mass is 10.1. The summed E-state index contributed by atoms with van der Waals surface area (Å²) >= 11 is 6.00. The van der Waals surface area contributed by atoms with Gasteiger partial charge in [0.05, 0.1) is 5.56 Å². The molecule has 110 valence electrons. The van der Waals surface area contributed by atoms with Crippen LogP contribution in [0.3, 0.4) is 0 Å². The van der Waals surface area contributed by atoms with Crippen LogP contribution >= 0.6 is 11.6 Å². The quantitative estimate of drug-likeness (QED) is 0.910. The van der Waals surface area contributed by atoms with E-state index in [9.17, 15) is 9.90 Å². The fourth-order valence-electron chi connectivity index (χ4n) is 1.94. The maximum absolute atomic E-state index is 12.1. The van der Waals surface area contributed by atoms with E-state index in [0.717, 1.165) is 5.56 Å². The molecular formula is C16H17ClN2O2. The third kappa shape index (κ3) is 3.67. The molecule has 5 heteroatoms. The van der Waals surface area contributed by atoms with Gasteiger partial charge in [-0.25, -0.2) is 0 Å². The number of hydrogen-bond acceptors (Lipinski definition) is 3. The van der Waals surface area contributed by atoms with Gasteiger partial charge in [-0.3, -0.25) is 4.79 Å². The first-order chi connectivity index (χ1) is 9.99. The number of rotatable bonds is 4. The second kappa shape index (κ2) is 6.50. The van der Waals surface area contributed by atoms with Crippen molar-refractivity contribution < 1.29 is 9.90 Å². The molecule has 0 radical (unpaired) electrons. The Morgan fingerprint density at radius 2 is 1.95 bits per heavy atom. The van der Waals surface area contributed by atoms with E-state index in [1.54, 1.807) is 44.4 Å². The number of hydrogen-bond donors (Lipinski definition) is 2. The number of phenols is 1. The lowest BCUT2D eigenvalue weighted by Gasteiger charge is -2.16. The summed E-state index contributed by atoms with van der Waals surface area (Å²) in [5, 5.41) is 13.5. The number of nitrogens with one attached hydrogen (secondary N) is 1. The van der Waals surface area contributed by atoms with Crippen molar-refractivity contribution in [3.05, 3.63) is 58.6 Å². The summed E-state index contributed by atoms with van der Waals surface area (Å²) in [6.07, 6.45) is 0. The van der Waals surface area contributed by atoms with Crippen molar-refractivity contribution in [3.8, 4) is 5.75 Å². The predicted octanol–water partition coefficient (Wildman–Crippen LogP) is 3.36. The van der Waals surface area contributed by atoms with Crippen molar-refractivity contribution in [2.45, 2.75) is 6.54 Å². The minimum absolute atomic E-state index is 0.105. The molecular weight excluding hydrogens is 288 g/mol. The minimum atomic E-state index is -0.105. The van der Waals surface area contributed by atoms with Crippen LogP contribution in [0.4, 0.5) is 5.69 Å². The van der Waals surface area contributed by atoms with Crippen LogP contribution in [-0.2, 0) is 6.54 Å². The number of benzene rings is 2. The molecule has 0 saturated carbocycles. The van der Waals surface area contributed by atoms with Crippen molar-refractivity contribution in [1.29, 1.82) is 0 Å². The number of para-hydroxylation sites is 1. The van der Waals surface area contributed by atoms with E-state index in [4.69, 9.17) is 11.6 Å². The molecule has 1 amide bonds. The third-order valence-corrected chi connectivity index (χ3v) is 3.31. The van der Waals surface area contributed by atoms with Crippen molar-refractivity contribution in [2.24, 2.45) is 0 Å². The van der Waals surface area contributed by atoms with Crippen LogP contribution in [0, 0.1) is 0 Å². The van der Waals surface area contributed by atoms with Gasteiger partial charge in [-0.15, -0.1) is 0 Å². The third-order valence-electron chi connectivity index (χ3n) is 3.08. The zero-order valence-corrected chi connectivity index (χ0v) is 12.7. The van der Waals surface area contributed by atoms with Gasteiger partial charge in [-0.05, 0) is 24.3 Å². The molecule has 0 fully saturated rings. The molecule has 0 aromatic heterocycles. The number of amides is 1. The molecule has 2 rings (SSSR count). The number of halogens is 1. The van der Waals surface area contributed by atoms with Gasteiger partial charge in [0.25, 0.3) is 5.91 Å². The Morgan fingerprint density at radius 1 is 1.24 bits per heavy atom. The Morgan fingerprint density at radius 3 is 2.62 bits per heavy atom. The Bertz CT molecular complexity index is 656. The van der Waals surface area contributed by atoms with Crippen molar-refractivity contribution in [3.63, 3.8) is 0 Å². The van der Waals surface area contributed by atoms with E-state index in [1.165, 1.54) is 4.90 Å². The standard InChI is InChI=1S/C16H17ClN2O2/c1-19(2)16(21)13-8-7-12(17)9-14(13)18-10-11-5-3-4-6-15(11)20/h3-9,18,20H,10H2,1-2H3. The largest absolute Gasteiger partial charge is 0.508 e. The summed E-state index contributed by atoms with van der Waals surface area (Å²) in [5.74, 6) is 0.110. The molecule has 0 aliphatic rings. The van der Waals surface area contributed by atoms with Gasteiger partial charge in [0.15, 0.2) is 0 Å². The topological polar surface area (TPSA) is 52.6 Å². The molecule has 0 unspecified atom stereocenters. The van der Waals surface area contributed by atoms with Gasteiger partial charge in [0.1, 0.15) is 5.75 Å². The van der Waals surface area contributed by atoms with Crippen LogP contribution in [0.25, 0.3) is 0 Å². The molecule has 4 nitrogen and oxygen atoms in total. The Labute approximate surface area is 129 Å². The summed E-state index contributed by atoms with van der Waals surface area (Å²) < 4.78 is 0. The first kappa shape index (κ1) is 15.2. The Kier molecular flexibility index (Phi) is 4.70. The van der Waals surface area contributed by atoms with Crippen LogP contribution in [-0.4, -0.2) is 30.0 Å². The molecule has 2 aromatic carbocycles. The smallest absolute Gasteiger partial charge is 0.255 e. The Hall–Kier alpha value is -2.20. The van der Waals surface area contributed by atoms with Crippen LogP contribution < -0.4 is 5.32 Å². The van der Waals surface area contributed by atoms with Gasteiger partial charge < -0.3 is 15.3 Å². The van der Waals surface area contributed by atoms with Gasteiger partial charge in [0, 0.05) is 36.9 Å². The monoisotopic (exact) mass is 304 g/mol. The van der Waals surface area contributed by atoms with E-state index in [2.05, 4.69) is 5.32 Å². The number of aromatic hydroxyl groups is 1. The summed E-state index contributed by atoms with van der Waals surface area (Å²) in [5.41, 5.74) is 1.94. The number of carbonyl (C=O) groups is 1. The van der Waals surface area contributed by atoms with Crippen LogP contribution in [0.15, 0.2) is 42.5 Å². The zero-order chi connectivity index (χ0) is 15.4. The summed E-state index contributed by atoms with van der Waals surface area (Å²) in [4.78, 5) is 13.7. The second-order valence-electron chi connectivity index (χ2n) is 4.87. The number of carbonyl (C=O) groups excluding carboxylic acids is 1. The Balaban J connectivity index is 2.25. The molecule has 0 heterocycles. The molecule has 0 saturated heterocycles. The lowest BCUT2D eigenvalue weighted by Crippen LogP contribution is -2.23. The van der Waals surface area contributed by atoms with E-state index in [-0.39, 0.29) is 11.7 Å². The average Bonchev–Trinajstić information content (AvgIpc) is 2.46. The first-order valence-electron chi connectivity index (χ1n) is 6.51. The van der Waals surface area contributed by atoms with Gasteiger partial charge in [0.2, 0.25) is 0 Å². The maximum atomic E-state index is 12.1. The summed E-state index contributed by atoms with van der Waals surface area (Å²) in [6.45, 7) is 0.403. The van der Waals surface area contributed by atoms with Gasteiger partial charge in [-0.1, -0.05) is 29.8 Å². The molecule has 2 aromatic rings. The van der Waals surface area contributed by atoms with Gasteiger partial charge in [-0.2, -0.15) is 0 Å². The molecule has 0 aliphatic heterocycles. The highest BCUT2D eigenvalue weighted by Gasteiger charge is 2.14. The van der Waals surface area contributed by atoms with Crippen molar-refractivity contribution in [2.75, 3.05) is 19.4 Å². The van der Waals surface area contributed by atoms with Crippen molar-refractivity contribution in [1.82, 2.24) is 4.90 Å². The lowest BCUT2D eigenvalue weighted by molar-refractivity contribution is 0.0828. The zero-order valence-electron chi connectivity index (χ0n) is 11.9. The fraction of sp³-hybridized carbons (Fsp3) is 0.188. The number of phenolic OH excluding ortho intramolecular Hbond substituents is 1. The number of anilines is 1. The normalized spacial score (nSPS) is 10.2. The molecule has 2 N–H and O–H groups in total. The van der Waals surface area contributed by atoms with E-state index in [1.807, 2.05) is 12.1 Å².